The summed E-state index contributed by atoms with van der Waals surface area (Å²) in [6.07, 6.45) is 5.39. The zero-order chi connectivity index (χ0) is 21.5. The number of hydrogen-bond acceptors (Lipinski definition) is 5. The van der Waals surface area contributed by atoms with Gasteiger partial charge in [-0.15, -0.1) is 0 Å². The number of alkyl halides is 2. The van der Waals surface area contributed by atoms with Gasteiger partial charge in [-0.2, -0.15) is 8.78 Å². The summed E-state index contributed by atoms with van der Waals surface area (Å²) >= 11 is 0. The Labute approximate surface area is 172 Å². The van der Waals surface area contributed by atoms with E-state index in [1.54, 1.807) is 0 Å². The summed E-state index contributed by atoms with van der Waals surface area (Å²) < 4.78 is 78.7. The van der Waals surface area contributed by atoms with Crippen molar-refractivity contribution in [3.05, 3.63) is 41.5 Å². The fraction of sp³-hybridized carbons (Fsp3) is 0.619. The lowest BCUT2D eigenvalue weighted by Gasteiger charge is -2.32. The van der Waals surface area contributed by atoms with Gasteiger partial charge in [-0.1, -0.05) is 19.1 Å². The van der Waals surface area contributed by atoms with Gasteiger partial charge in [-0.25, -0.2) is 8.78 Å². The Morgan fingerprint density at radius 1 is 1.00 bits per heavy atom. The van der Waals surface area contributed by atoms with Crippen LogP contribution in [0.3, 0.4) is 0 Å². The molecular formula is C21H26F4O5. The molecule has 0 radical (unpaired) electrons. The quantitative estimate of drug-likeness (QED) is 0.427. The van der Waals surface area contributed by atoms with E-state index < -0.39 is 30.3 Å². The zero-order valence-corrected chi connectivity index (χ0v) is 16.7. The van der Waals surface area contributed by atoms with Gasteiger partial charge in [0.2, 0.25) is 0 Å². The van der Waals surface area contributed by atoms with Gasteiger partial charge in [0.25, 0.3) is 0 Å². The Hall–Kier alpha value is -1.68. The third kappa shape index (κ3) is 6.41. The molecule has 0 aliphatic carbocycles. The molecule has 0 amide bonds. The second-order valence-corrected chi connectivity index (χ2v) is 7.33. The third-order valence-corrected chi connectivity index (χ3v) is 4.91. The van der Waals surface area contributed by atoms with E-state index >= 15 is 0 Å². The van der Waals surface area contributed by atoms with Crippen molar-refractivity contribution >= 4 is 0 Å². The van der Waals surface area contributed by atoms with Gasteiger partial charge in [0.1, 0.15) is 0 Å². The monoisotopic (exact) mass is 434 g/mol. The molecule has 2 saturated heterocycles. The topological polar surface area (TPSA) is 46.2 Å². The highest BCUT2D eigenvalue weighted by Gasteiger charge is 2.28. The molecule has 0 N–H and O–H groups in total. The highest BCUT2D eigenvalue weighted by Crippen LogP contribution is 2.32. The van der Waals surface area contributed by atoms with Crippen molar-refractivity contribution in [1.82, 2.24) is 0 Å². The standard InChI is InChI=1S/C21H26F4O5/c1-2-3-4-13-9-26-18(27-10-13)6-5-14-11-28-20(29-12-14)15-7-16(22)19(17(23)8-15)30-21(24)25/h3-4,7-8,13-14,18,20-21H,2,5-6,9-12H2,1H3/b4-3+. The van der Waals surface area contributed by atoms with E-state index in [1.807, 2.05) is 0 Å². The molecule has 0 spiro atoms. The number of benzene rings is 1. The molecule has 2 aliphatic rings. The molecule has 168 valence electrons. The summed E-state index contributed by atoms with van der Waals surface area (Å²) in [5.41, 5.74) is 0.0650. The molecule has 0 aromatic heterocycles. The second-order valence-electron chi connectivity index (χ2n) is 7.33. The minimum Gasteiger partial charge on any atom is -0.429 e. The molecule has 3 rings (SSSR count). The van der Waals surface area contributed by atoms with Crippen LogP contribution in [0.4, 0.5) is 17.6 Å². The number of allylic oxidation sites excluding steroid dienone is 1. The van der Waals surface area contributed by atoms with Crippen molar-refractivity contribution in [2.45, 2.75) is 45.4 Å². The van der Waals surface area contributed by atoms with Crippen LogP contribution in [0.5, 0.6) is 5.75 Å². The lowest BCUT2D eigenvalue weighted by molar-refractivity contribution is -0.217. The predicted octanol–water partition coefficient (Wildman–Crippen LogP) is 4.96. The summed E-state index contributed by atoms with van der Waals surface area (Å²) in [7, 11) is 0. The molecule has 0 atom stereocenters. The highest BCUT2D eigenvalue weighted by molar-refractivity contribution is 5.32. The molecule has 1 aromatic rings. The van der Waals surface area contributed by atoms with Gasteiger partial charge in [0.15, 0.2) is 30.0 Å². The van der Waals surface area contributed by atoms with Crippen molar-refractivity contribution in [3.8, 4) is 5.75 Å². The number of ether oxygens (including phenoxy) is 5. The summed E-state index contributed by atoms with van der Waals surface area (Å²) in [5, 5.41) is 0. The molecule has 0 saturated carbocycles. The van der Waals surface area contributed by atoms with Crippen LogP contribution < -0.4 is 4.74 Å². The number of hydrogen-bond donors (Lipinski definition) is 0. The minimum atomic E-state index is -3.32. The molecular weight excluding hydrogens is 408 g/mol. The van der Waals surface area contributed by atoms with Gasteiger partial charge in [-0.3, -0.25) is 0 Å². The van der Waals surface area contributed by atoms with Crippen LogP contribution in [0.25, 0.3) is 0 Å². The lowest BCUT2D eigenvalue weighted by Crippen LogP contribution is -2.33. The SMILES string of the molecule is CC/C=C/C1COC(CCC2COC(c3cc(F)c(OC(F)F)c(F)c3)OC2)OC1. The molecule has 2 aliphatic heterocycles. The second kappa shape index (κ2) is 11.1. The van der Waals surface area contributed by atoms with E-state index in [1.165, 1.54) is 0 Å². The molecule has 1 aromatic carbocycles. The van der Waals surface area contributed by atoms with Crippen molar-refractivity contribution in [3.63, 3.8) is 0 Å². The Morgan fingerprint density at radius 2 is 1.63 bits per heavy atom. The van der Waals surface area contributed by atoms with Gasteiger partial charge in [0, 0.05) is 17.4 Å². The van der Waals surface area contributed by atoms with Crippen LogP contribution in [-0.4, -0.2) is 39.3 Å². The van der Waals surface area contributed by atoms with Crippen molar-refractivity contribution < 1.29 is 41.2 Å². The third-order valence-electron chi connectivity index (χ3n) is 4.91. The first-order valence-corrected chi connectivity index (χ1v) is 10.0. The maximum absolute atomic E-state index is 13.9. The molecule has 30 heavy (non-hydrogen) atoms. The van der Waals surface area contributed by atoms with E-state index in [9.17, 15) is 17.6 Å². The fourth-order valence-electron chi connectivity index (χ4n) is 3.36. The predicted molar refractivity (Wildman–Crippen MR) is 99.0 cm³/mol. The number of rotatable bonds is 8. The van der Waals surface area contributed by atoms with Crippen LogP contribution >= 0.6 is 0 Å². The molecule has 9 heteroatoms. The van der Waals surface area contributed by atoms with Crippen molar-refractivity contribution in [1.29, 1.82) is 0 Å². The normalized spacial score (nSPS) is 27.7. The molecule has 2 fully saturated rings. The van der Waals surface area contributed by atoms with E-state index in [0.29, 0.717) is 32.8 Å². The Balaban J connectivity index is 1.43. The Morgan fingerprint density at radius 3 is 2.20 bits per heavy atom. The first-order valence-electron chi connectivity index (χ1n) is 10.0. The van der Waals surface area contributed by atoms with Crippen LogP contribution in [0.2, 0.25) is 0 Å². The van der Waals surface area contributed by atoms with Gasteiger partial charge in [-0.05, 0) is 31.4 Å². The minimum absolute atomic E-state index is 0.0650. The Kier molecular flexibility index (Phi) is 8.50. The summed E-state index contributed by atoms with van der Waals surface area (Å²) in [6.45, 7) is 0.674. The van der Waals surface area contributed by atoms with Crippen LogP contribution in [0.1, 0.15) is 38.0 Å². The van der Waals surface area contributed by atoms with Crippen LogP contribution in [0, 0.1) is 23.5 Å². The average molecular weight is 434 g/mol. The van der Waals surface area contributed by atoms with Gasteiger partial charge < -0.3 is 23.7 Å². The zero-order valence-electron chi connectivity index (χ0n) is 16.7. The summed E-state index contributed by atoms with van der Waals surface area (Å²) in [6, 6.07) is 1.75. The molecule has 5 nitrogen and oxygen atoms in total. The lowest BCUT2D eigenvalue weighted by atomic mass is 10.0. The number of halogens is 4. The Bertz CT molecular complexity index is 676. The van der Waals surface area contributed by atoms with Gasteiger partial charge >= 0.3 is 6.61 Å². The summed E-state index contributed by atoms with van der Waals surface area (Å²) in [4.78, 5) is 0. The highest BCUT2D eigenvalue weighted by atomic mass is 19.3. The van der Waals surface area contributed by atoms with Gasteiger partial charge in [0.05, 0.1) is 26.4 Å². The first kappa shape index (κ1) is 23.0. The molecule has 0 bridgehead atoms. The maximum Gasteiger partial charge on any atom is 0.387 e. The van der Waals surface area contributed by atoms with E-state index in [4.69, 9.17) is 18.9 Å². The molecule has 2 heterocycles. The van der Waals surface area contributed by atoms with Crippen LogP contribution in [0.15, 0.2) is 24.3 Å². The van der Waals surface area contributed by atoms with E-state index in [-0.39, 0.29) is 23.7 Å². The van der Waals surface area contributed by atoms with Crippen LogP contribution in [-0.2, 0) is 18.9 Å². The van der Waals surface area contributed by atoms with Crippen molar-refractivity contribution in [2.24, 2.45) is 11.8 Å². The van der Waals surface area contributed by atoms with E-state index in [2.05, 4.69) is 23.8 Å². The smallest absolute Gasteiger partial charge is 0.387 e. The van der Waals surface area contributed by atoms with Crippen molar-refractivity contribution in [2.75, 3.05) is 26.4 Å². The molecule has 0 unspecified atom stereocenters. The maximum atomic E-state index is 13.9. The average Bonchev–Trinajstić information content (AvgIpc) is 2.74. The first-order chi connectivity index (χ1) is 14.5. The van der Waals surface area contributed by atoms with E-state index in [0.717, 1.165) is 25.0 Å². The fourth-order valence-corrected chi connectivity index (χ4v) is 3.36. The summed E-state index contributed by atoms with van der Waals surface area (Å²) in [5.74, 6) is -3.23. The largest absolute Gasteiger partial charge is 0.429 e.